The summed E-state index contributed by atoms with van der Waals surface area (Å²) in [5.74, 6) is 0. The molecule has 0 aromatic carbocycles. The molecule has 0 saturated carbocycles. The topological polar surface area (TPSA) is 38.4 Å². The van der Waals surface area contributed by atoms with Gasteiger partial charge in [0.15, 0.2) is 0 Å². The highest BCUT2D eigenvalue weighted by molar-refractivity contribution is 7.99. The van der Waals surface area contributed by atoms with Gasteiger partial charge >= 0.3 is 0 Å². The predicted octanol–water partition coefficient (Wildman–Crippen LogP) is 2.60. The fourth-order valence-corrected chi connectivity index (χ4v) is 2.33. The van der Waals surface area contributed by atoms with E-state index in [0.29, 0.717) is 0 Å². The van der Waals surface area contributed by atoms with Crippen molar-refractivity contribution in [3.05, 3.63) is 22.4 Å². The predicted molar refractivity (Wildman–Crippen MR) is 67.5 cm³/mol. The van der Waals surface area contributed by atoms with E-state index in [1.165, 1.54) is 10.6 Å². The monoisotopic (exact) mass is 228 g/mol. The first-order valence-corrected chi connectivity index (χ1v) is 6.72. The standard InChI is InChI=1S/C10H16N2S2/c1-12-8(5-6-10(11)13-2)9-4-3-7-14-9/h3-4,7,10H,5-6,11H2,1-2H3. The maximum Gasteiger partial charge on any atom is 0.0517 e. The van der Waals surface area contributed by atoms with Crippen LogP contribution in [0.3, 0.4) is 0 Å². The van der Waals surface area contributed by atoms with Gasteiger partial charge in [0.05, 0.1) is 11.1 Å². The summed E-state index contributed by atoms with van der Waals surface area (Å²) in [7, 11) is 1.85. The van der Waals surface area contributed by atoms with E-state index in [4.69, 9.17) is 5.73 Å². The van der Waals surface area contributed by atoms with Crippen LogP contribution in [0, 0.1) is 0 Å². The first kappa shape index (κ1) is 11.8. The molecule has 1 unspecified atom stereocenters. The third-order valence-electron chi connectivity index (χ3n) is 2.04. The second-order valence-electron chi connectivity index (χ2n) is 2.96. The molecule has 0 saturated heterocycles. The number of nitrogens with zero attached hydrogens (tertiary/aromatic N) is 1. The molecule has 78 valence electrons. The van der Waals surface area contributed by atoms with Gasteiger partial charge in [0.2, 0.25) is 0 Å². The quantitative estimate of drug-likeness (QED) is 0.621. The summed E-state index contributed by atoms with van der Waals surface area (Å²) in [5, 5.41) is 2.31. The van der Waals surface area contributed by atoms with Crippen molar-refractivity contribution in [1.29, 1.82) is 0 Å². The van der Waals surface area contributed by atoms with Gasteiger partial charge in [-0.25, -0.2) is 0 Å². The minimum absolute atomic E-state index is 0.228. The zero-order valence-electron chi connectivity index (χ0n) is 8.56. The summed E-state index contributed by atoms with van der Waals surface area (Å²) in [4.78, 5) is 5.56. The van der Waals surface area contributed by atoms with Crippen LogP contribution in [0.5, 0.6) is 0 Å². The molecule has 0 spiro atoms. The third-order valence-corrected chi connectivity index (χ3v) is 3.80. The van der Waals surface area contributed by atoms with Crippen LogP contribution in [-0.4, -0.2) is 24.4 Å². The van der Waals surface area contributed by atoms with E-state index in [-0.39, 0.29) is 5.37 Å². The first-order valence-electron chi connectivity index (χ1n) is 4.56. The van der Waals surface area contributed by atoms with Gasteiger partial charge in [-0.1, -0.05) is 6.07 Å². The van der Waals surface area contributed by atoms with Crippen LogP contribution in [-0.2, 0) is 0 Å². The Balaban J connectivity index is 2.50. The Hall–Kier alpha value is -0.320. The molecule has 2 nitrogen and oxygen atoms in total. The van der Waals surface area contributed by atoms with E-state index < -0.39 is 0 Å². The molecule has 2 N–H and O–H groups in total. The summed E-state index contributed by atoms with van der Waals surface area (Å²) in [6.45, 7) is 0. The van der Waals surface area contributed by atoms with Crippen molar-refractivity contribution in [1.82, 2.24) is 0 Å². The zero-order valence-corrected chi connectivity index (χ0v) is 10.2. The molecule has 0 fully saturated rings. The van der Waals surface area contributed by atoms with Crippen molar-refractivity contribution in [2.75, 3.05) is 13.3 Å². The molecule has 1 atom stereocenters. The zero-order chi connectivity index (χ0) is 10.4. The van der Waals surface area contributed by atoms with Gasteiger partial charge in [0.25, 0.3) is 0 Å². The van der Waals surface area contributed by atoms with Crippen molar-refractivity contribution >= 4 is 28.8 Å². The largest absolute Gasteiger partial charge is 0.319 e. The summed E-state index contributed by atoms with van der Waals surface area (Å²) in [6, 6.07) is 4.16. The minimum atomic E-state index is 0.228. The van der Waals surface area contributed by atoms with E-state index in [0.717, 1.165) is 12.8 Å². The van der Waals surface area contributed by atoms with Crippen molar-refractivity contribution < 1.29 is 0 Å². The van der Waals surface area contributed by atoms with Crippen molar-refractivity contribution in [3.63, 3.8) is 0 Å². The van der Waals surface area contributed by atoms with Crippen LogP contribution in [0.4, 0.5) is 0 Å². The SMILES string of the molecule is CN=C(CCC(N)SC)c1cccs1. The van der Waals surface area contributed by atoms with Crippen LogP contribution in [0.25, 0.3) is 0 Å². The van der Waals surface area contributed by atoms with Crippen LogP contribution >= 0.6 is 23.1 Å². The highest BCUT2D eigenvalue weighted by atomic mass is 32.2. The first-order chi connectivity index (χ1) is 6.77. The van der Waals surface area contributed by atoms with Crippen molar-refractivity contribution in [2.45, 2.75) is 18.2 Å². The van der Waals surface area contributed by atoms with Gasteiger partial charge in [0.1, 0.15) is 0 Å². The summed E-state index contributed by atoms with van der Waals surface area (Å²) >= 11 is 3.44. The smallest absolute Gasteiger partial charge is 0.0517 e. The normalized spacial score (nSPS) is 14.4. The Bertz CT molecular complexity index is 280. The lowest BCUT2D eigenvalue weighted by molar-refractivity contribution is 0.825. The van der Waals surface area contributed by atoms with Crippen LogP contribution in [0.15, 0.2) is 22.5 Å². The van der Waals surface area contributed by atoms with Crippen molar-refractivity contribution in [2.24, 2.45) is 10.7 Å². The summed E-state index contributed by atoms with van der Waals surface area (Å²) in [6.07, 6.45) is 4.00. The minimum Gasteiger partial charge on any atom is -0.319 e. The van der Waals surface area contributed by atoms with E-state index >= 15 is 0 Å². The van der Waals surface area contributed by atoms with Crippen molar-refractivity contribution in [3.8, 4) is 0 Å². The molecular formula is C10H16N2S2. The Morgan fingerprint density at radius 3 is 3.00 bits per heavy atom. The third kappa shape index (κ3) is 3.44. The fraction of sp³-hybridized carbons (Fsp3) is 0.500. The number of thiophene rings is 1. The molecule has 0 bridgehead atoms. The number of nitrogens with two attached hydrogens (primary N) is 1. The molecule has 0 aliphatic carbocycles. The summed E-state index contributed by atoms with van der Waals surface area (Å²) < 4.78 is 0. The molecule has 14 heavy (non-hydrogen) atoms. The van der Waals surface area contributed by atoms with Crippen LogP contribution in [0.1, 0.15) is 17.7 Å². The average Bonchev–Trinajstić information content (AvgIpc) is 2.72. The molecule has 0 radical (unpaired) electrons. The van der Waals surface area contributed by atoms with Gasteiger partial charge in [-0.2, -0.15) is 0 Å². The second kappa shape index (κ2) is 6.22. The van der Waals surface area contributed by atoms with Gasteiger partial charge in [-0.05, 0) is 30.5 Å². The molecule has 4 heteroatoms. The van der Waals surface area contributed by atoms with E-state index in [2.05, 4.69) is 22.5 Å². The maximum atomic E-state index is 5.84. The lowest BCUT2D eigenvalue weighted by Gasteiger charge is -2.08. The van der Waals surface area contributed by atoms with Gasteiger partial charge in [-0.3, -0.25) is 4.99 Å². The number of hydrogen-bond acceptors (Lipinski definition) is 4. The Labute approximate surface area is 93.6 Å². The van der Waals surface area contributed by atoms with Gasteiger partial charge in [-0.15, -0.1) is 23.1 Å². The molecule has 0 amide bonds. The Morgan fingerprint density at radius 2 is 2.50 bits per heavy atom. The molecule has 1 aromatic heterocycles. The molecule has 1 aromatic rings. The van der Waals surface area contributed by atoms with E-state index in [1.807, 2.05) is 13.3 Å². The van der Waals surface area contributed by atoms with Crippen LogP contribution in [0.2, 0.25) is 0 Å². The van der Waals surface area contributed by atoms with E-state index in [9.17, 15) is 0 Å². The number of rotatable bonds is 5. The number of hydrogen-bond donors (Lipinski definition) is 1. The molecule has 0 aliphatic rings. The lowest BCUT2D eigenvalue weighted by Crippen LogP contribution is -2.16. The highest BCUT2D eigenvalue weighted by Gasteiger charge is 2.06. The summed E-state index contributed by atoms with van der Waals surface area (Å²) in [5.41, 5.74) is 7.01. The number of aliphatic imine (C=N–C) groups is 1. The molecule has 1 heterocycles. The Morgan fingerprint density at radius 1 is 1.71 bits per heavy atom. The maximum absolute atomic E-state index is 5.84. The van der Waals surface area contributed by atoms with Crippen LogP contribution < -0.4 is 5.73 Å². The van der Waals surface area contributed by atoms with Gasteiger partial charge < -0.3 is 5.73 Å². The number of thioether (sulfide) groups is 1. The molecule has 1 rings (SSSR count). The highest BCUT2D eigenvalue weighted by Crippen LogP contribution is 2.15. The Kier molecular flexibility index (Phi) is 5.22. The molecule has 0 aliphatic heterocycles. The fourth-order valence-electron chi connectivity index (χ4n) is 1.18. The molecular weight excluding hydrogens is 212 g/mol. The second-order valence-corrected chi connectivity index (χ2v) is 4.99. The van der Waals surface area contributed by atoms with Gasteiger partial charge in [0, 0.05) is 11.9 Å². The lowest BCUT2D eigenvalue weighted by atomic mass is 10.2. The van der Waals surface area contributed by atoms with E-state index in [1.54, 1.807) is 23.1 Å². The average molecular weight is 228 g/mol.